The number of aromatic nitrogens is 5. The lowest BCUT2D eigenvalue weighted by atomic mass is 10.0. The van der Waals surface area contributed by atoms with Crippen molar-refractivity contribution in [3.63, 3.8) is 0 Å². The molecule has 2 N–H and O–H groups in total. The van der Waals surface area contributed by atoms with E-state index < -0.39 is 6.04 Å². The van der Waals surface area contributed by atoms with Gasteiger partial charge in [0.2, 0.25) is 0 Å². The van der Waals surface area contributed by atoms with Gasteiger partial charge >= 0.3 is 0 Å². The largest absolute Gasteiger partial charge is 0.508 e. The second kappa shape index (κ2) is 11.2. The quantitative estimate of drug-likeness (QED) is 0.309. The first kappa shape index (κ1) is 25.6. The van der Waals surface area contributed by atoms with E-state index in [0.717, 1.165) is 41.0 Å². The summed E-state index contributed by atoms with van der Waals surface area (Å²) in [6.07, 6.45) is 0. The first-order valence-electron chi connectivity index (χ1n) is 13.5. The number of phenolic OH excluding ortho intramolecular Hbond substituents is 1. The van der Waals surface area contributed by atoms with Crippen molar-refractivity contribution in [1.82, 2.24) is 30.1 Å². The third-order valence-electron chi connectivity index (χ3n) is 7.32. The summed E-state index contributed by atoms with van der Waals surface area (Å²) in [6.45, 7) is 5.89. The van der Waals surface area contributed by atoms with E-state index >= 15 is 0 Å². The number of pyridine rings is 1. The monoisotopic (exact) mass is 537 g/mol. The normalized spacial score (nSPS) is 14.9. The minimum Gasteiger partial charge on any atom is -0.508 e. The van der Waals surface area contributed by atoms with Gasteiger partial charge in [-0.2, -0.15) is 0 Å². The topological polar surface area (TPSA) is 112 Å². The molecule has 0 saturated carbocycles. The predicted octanol–water partition coefficient (Wildman–Crippen LogP) is 3.58. The zero-order valence-electron chi connectivity index (χ0n) is 22.3. The highest BCUT2D eigenvalue weighted by molar-refractivity contribution is 5.80. The Labute approximate surface area is 231 Å². The van der Waals surface area contributed by atoms with E-state index in [1.165, 1.54) is 0 Å². The number of tetrazole rings is 1. The molecule has 40 heavy (non-hydrogen) atoms. The van der Waals surface area contributed by atoms with Gasteiger partial charge in [-0.05, 0) is 71.4 Å². The molecule has 1 atom stereocenters. The molecule has 1 aliphatic heterocycles. The maximum absolute atomic E-state index is 13.6. The van der Waals surface area contributed by atoms with Gasteiger partial charge in [-0.15, -0.1) is 5.10 Å². The van der Waals surface area contributed by atoms with E-state index in [-0.39, 0.29) is 11.3 Å². The summed E-state index contributed by atoms with van der Waals surface area (Å²) in [6, 6.07) is 24.5. The summed E-state index contributed by atoms with van der Waals surface area (Å²) in [4.78, 5) is 21.2. The van der Waals surface area contributed by atoms with Crippen LogP contribution >= 0.6 is 0 Å². The Balaban J connectivity index is 1.38. The van der Waals surface area contributed by atoms with E-state index in [1.54, 1.807) is 16.8 Å². The van der Waals surface area contributed by atoms with Crippen molar-refractivity contribution < 1.29 is 9.84 Å². The number of phenols is 1. The molecule has 1 saturated heterocycles. The summed E-state index contributed by atoms with van der Waals surface area (Å²) in [7, 11) is 0. The van der Waals surface area contributed by atoms with E-state index in [1.807, 2.05) is 73.7 Å². The fourth-order valence-electron chi connectivity index (χ4n) is 5.34. The molecule has 0 aliphatic carbocycles. The van der Waals surface area contributed by atoms with Crippen LogP contribution in [0.1, 0.15) is 29.9 Å². The zero-order valence-corrected chi connectivity index (χ0v) is 22.3. The van der Waals surface area contributed by atoms with Crippen LogP contribution in [-0.4, -0.2) is 68.0 Å². The fourth-order valence-corrected chi connectivity index (χ4v) is 5.34. The standard InChI is InChI=1S/C30H31N7O3/c1-2-40-25-12-13-27-22(18-25)19-26(30(39)31-27)28(29-32-33-34-37(29)20-21-6-4-3-5-7-21)36-16-14-35(15-17-36)23-8-10-24(38)11-9-23/h3-13,18-19,28,38H,2,14-17,20H2,1H3,(H,31,39). The number of fused-ring (bicyclic) bond motifs is 1. The molecule has 204 valence electrons. The Hall–Kier alpha value is -4.70. The van der Waals surface area contributed by atoms with Crippen molar-refractivity contribution >= 4 is 16.6 Å². The van der Waals surface area contributed by atoms with Crippen LogP contribution in [0.3, 0.4) is 0 Å². The minimum absolute atomic E-state index is 0.170. The number of ether oxygens (including phenoxy) is 1. The van der Waals surface area contributed by atoms with E-state index in [2.05, 4.69) is 30.3 Å². The maximum atomic E-state index is 13.6. The third-order valence-corrected chi connectivity index (χ3v) is 7.32. The number of aromatic amines is 1. The molecule has 6 rings (SSSR count). The number of aromatic hydroxyl groups is 1. The van der Waals surface area contributed by atoms with E-state index in [4.69, 9.17) is 4.74 Å². The molecule has 5 aromatic rings. The molecule has 10 heteroatoms. The Morgan fingerprint density at radius 1 is 0.975 bits per heavy atom. The maximum Gasteiger partial charge on any atom is 0.253 e. The number of hydrogen-bond acceptors (Lipinski definition) is 8. The molecular weight excluding hydrogens is 506 g/mol. The molecule has 1 unspecified atom stereocenters. The summed E-state index contributed by atoms with van der Waals surface area (Å²) in [5.41, 5.74) is 3.29. The summed E-state index contributed by atoms with van der Waals surface area (Å²) in [5.74, 6) is 1.62. The van der Waals surface area contributed by atoms with E-state index in [0.29, 0.717) is 37.6 Å². The summed E-state index contributed by atoms with van der Waals surface area (Å²) < 4.78 is 7.50. The van der Waals surface area contributed by atoms with Crippen molar-refractivity contribution in [3.8, 4) is 11.5 Å². The average molecular weight is 538 g/mol. The number of rotatable bonds is 8. The van der Waals surface area contributed by atoms with Gasteiger partial charge in [0.25, 0.3) is 5.56 Å². The molecule has 0 bridgehead atoms. The smallest absolute Gasteiger partial charge is 0.253 e. The van der Waals surface area contributed by atoms with Crippen molar-refractivity contribution in [2.45, 2.75) is 19.5 Å². The highest BCUT2D eigenvalue weighted by atomic mass is 16.5. The minimum atomic E-state index is -0.454. The van der Waals surface area contributed by atoms with Gasteiger partial charge in [-0.25, -0.2) is 4.68 Å². The number of H-pyrrole nitrogens is 1. The molecule has 10 nitrogen and oxygen atoms in total. The molecule has 1 aliphatic rings. The van der Waals surface area contributed by atoms with Crippen LogP contribution in [0.25, 0.3) is 10.9 Å². The third kappa shape index (κ3) is 5.26. The highest BCUT2D eigenvalue weighted by Gasteiger charge is 2.33. The molecular formula is C30H31N7O3. The average Bonchev–Trinajstić information content (AvgIpc) is 3.42. The lowest BCUT2D eigenvalue weighted by molar-refractivity contribution is 0.200. The number of piperazine rings is 1. The molecule has 3 aromatic carbocycles. The van der Waals surface area contributed by atoms with Gasteiger partial charge in [-0.3, -0.25) is 9.69 Å². The summed E-state index contributed by atoms with van der Waals surface area (Å²) >= 11 is 0. The fraction of sp³-hybridized carbons (Fsp3) is 0.267. The van der Waals surface area contributed by atoms with Gasteiger partial charge in [0.05, 0.1) is 13.2 Å². The second-order valence-corrected chi connectivity index (χ2v) is 9.86. The van der Waals surface area contributed by atoms with Crippen LogP contribution < -0.4 is 15.2 Å². The van der Waals surface area contributed by atoms with Gasteiger partial charge in [0.15, 0.2) is 5.82 Å². The number of anilines is 1. The van der Waals surface area contributed by atoms with Crippen molar-refractivity contribution in [2.75, 3.05) is 37.7 Å². The number of benzene rings is 3. The first-order valence-corrected chi connectivity index (χ1v) is 13.5. The van der Waals surface area contributed by atoms with Crippen LogP contribution in [0.5, 0.6) is 11.5 Å². The Kier molecular flexibility index (Phi) is 7.15. The highest BCUT2D eigenvalue weighted by Crippen LogP contribution is 2.30. The Morgan fingerprint density at radius 2 is 1.75 bits per heavy atom. The van der Waals surface area contributed by atoms with Crippen LogP contribution in [0.15, 0.2) is 83.7 Å². The predicted molar refractivity (Wildman–Crippen MR) is 153 cm³/mol. The summed E-state index contributed by atoms with van der Waals surface area (Å²) in [5, 5.41) is 23.4. The van der Waals surface area contributed by atoms with Gasteiger partial charge < -0.3 is 19.7 Å². The van der Waals surface area contributed by atoms with Crippen molar-refractivity contribution in [3.05, 3.63) is 106 Å². The van der Waals surface area contributed by atoms with Gasteiger partial charge in [-0.1, -0.05) is 30.3 Å². The number of hydrogen-bond donors (Lipinski definition) is 2. The van der Waals surface area contributed by atoms with Crippen LogP contribution in [0.4, 0.5) is 5.69 Å². The molecule has 0 radical (unpaired) electrons. The first-order chi connectivity index (χ1) is 19.6. The lowest BCUT2D eigenvalue weighted by Gasteiger charge is -2.39. The van der Waals surface area contributed by atoms with Crippen molar-refractivity contribution in [1.29, 1.82) is 0 Å². The second-order valence-electron chi connectivity index (χ2n) is 9.86. The SMILES string of the molecule is CCOc1ccc2[nH]c(=O)c(C(c3nnnn3Cc3ccccc3)N3CCN(c4ccc(O)cc4)CC3)cc2c1. The van der Waals surface area contributed by atoms with Crippen molar-refractivity contribution in [2.24, 2.45) is 0 Å². The molecule has 1 fully saturated rings. The molecule has 0 amide bonds. The molecule has 2 aromatic heterocycles. The number of nitrogens with zero attached hydrogens (tertiary/aromatic N) is 6. The molecule has 0 spiro atoms. The van der Waals surface area contributed by atoms with Crippen LogP contribution in [0, 0.1) is 0 Å². The van der Waals surface area contributed by atoms with Gasteiger partial charge in [0, 0.05) is 48.3 Å². The number of nitrogens with one attached hydrogen (secondary N) is 1. The van der Waals surface area contributed by atoms with E-state index in [9.17, 15) is 9.90 Å². The van der Waals surface area contributed by atoms with Crippen LogP contribution in [0.2, 0.25) is 0 Å². The Morgan fingerprint density at radius 3 is 2.50 bits per heavy atom. The Bertz CT molecular complexity index is 1640. The molecule has 3 heterocycles. The lowest BCUT2D eigenvalue weighted by Crippen LogP contribution is -2.49. The van der Waals surface area contributed by atoms with Gasteiger partial charge in [0.1, 0.15) is 17.5 Å². The zero-order chi connectivity index (χ0) is 27.5. The van der Waals surface area contributed by atoms with Crippen LogP contribution in [-0.2, 0) is 6.54 Å².